The molecule has 1 heterocycles. The summed E-state index contributed by atoms with van der Waals surface area (Å²) < 4.78 is 1.86. The summed E-state index contributed by atoms with van der Waals surface area (Å²) >= 11 is 0. The van der Waals surface area contributed by atoms with E-state index < -0.39 is 0 Å². The minimum atomic E-state index is -0.123. The fourth-order valence-corrected chi connectivity index (χ4v) is 1.67. The highest BCUT2D eigenvalue weighted by molar-refractivity contribution is 5.95. The van der Waals surface area contributed by atoms with Crippen LogP contribution in [0.1, 0.15) is 43.7 Å². The molecule has 104 valence electrons. The molecule has 0 aliphatic rings. The summed E-state index contributed by atoms with van der Waals surface area (Å²) in [7, 11) is 0. The van der Waals surface area contributed by atoms with Crippen molar-refractivity contribution in [2.75, 3.05) is 6.54 Å². The summed E-state index contributed by atoms with van der Waals surface area (Å²) in [5.74, 6) is -0.115. The van der Waals surface area contributed by atoms with E-state index in [0.717, 1.165) is 5.69 Å². The number of carbonyl (C=O) groups is 1. The van der Waals surface area contributed by atoms with Gasteiger partial charge in [-0.15, -0.1) is 12.4 Å². The van der Waals surface area contributed by atoms with Crippen LogP contribution in [-0.2, 0) is 5.54 Å². The molecule has 1 aromatic rings. The molecule has 0 saturated heterocycles. The first kappa shape index (κ1) is 16.9. The lowest BCUT2D eigenvalue weighted by atomic mass is 10.1. The number of nitrogens with zero attached hydrogens (tertiary/aromatic N) is 2. The maximum absolute atomic E-state index is 12.0. The molecule has 1 rings (SSSR count). The maximum atomic E-state index is 12.0. The summed E-state index contributed by atoms with van der Waals surface area (Å²) in [6.07, 6.45) is 1.61. The fourth-order valence-electron chi connectivity index (χ4n) is 1.67. The predicted molar refractivity (Wildman–Crippen MR) is 75.2 cm³/mol. The van der Waals surface area contributed by atoms with Crippen molar-refractivity contribution in [2.45, 2.75) is 46.2 Å². The molecule has 0 bridgehead atoms. The molecule has 0 radical (unpaired) electrons. The zero-order chi connectivity index (χ0) is 13.2. The summed E-state index contributed by atoms with van der Waals surface area (Å²) in [4.78, 5) is 12.0. The first-order chi connectivity index (χ1) is 7.77. The van der Waals surface area contributed by atoms with Gasteiger partial charge in [0.2, 0.25) is 0 Å². The first-order valence-corrected chi connectivity index (χ1v) is 5.83. The Morgan fingerprint density at radius 3 is 2.50 bits per heavy atom. The largest absolute Gasteiger partial charge is 0.348 e. The molecular formula is C12H23ClN4O. The number of amides is 1. The van der Waals surface area contributed by atoms with Crippen LogP contribution in [0.4, 0.5) is 0 Å². The SMILES string of the molecule is Cc1c(C(=O)N[C@@H](C)CN)cnn1C(C)(C)C.Cl. The van der Waals surface area contributed by atoms with Crippen molar-refractivity contribution in [3.8, 4) is 0 Å². The average Bonchev–Trinajstić information content (AvgIpc) is 2.59. The van der Waals surface area contributed by atoms with Gasteiger partial charge in [0.25, 0.3) is 5.91 Å². The van der Waals surface area contributed by atoms with Gasteiger partial charge in [-0.3, -0.25) is 9.48 Å². The Bertz CT molecular complexity index is 409. The van der Waals surface area contributed by atoms with Gasteiger partial charge in [-0.1, -0.05) is 0 Å². The van der Waals surface area contributed by atoms with E-state index in [9.17, 15) is 4.79 Å². The molecule has 0 saturated carbocycles. The zero-order valence-electron chi connectivity index (χ0n) is 11.7. The Labute approximate surface area is 115 Å². The monoisotopic (exact) mass is 274 g/mol. The van der Waals surface area contributed by atoms with Crippen LogP contribution >= 0.6 is 12.4 Å². The molecule has 3 N–H and O–H groups in total. The van der Waals surface area contributed by atoms with E-state index in [1.165, 1.54) is 0 Å². The van der Waals surface area contributed by atoms with Crippen molar-refractivity contribution in [1.29, 1.82) is 0 Å². The van der Waals surface area contributed by atoms with Gasteiger partial charge in [0.05, 0.1) is 17.3 Å². The zero-order valence-corrected chi connectivity index (χ0v) is 12.5. The lowest BCUT2D eigenvalue weighted by Gasteiger charge is -2.21. The molecule has 1 atom stereocenters. The maximum Gasteiger partial charge on any atom is 0.254 e. The van der Waals surface area contributed by atoms with E-state index in [0.29, 0.717) is 12.1 Å². The second-order valence-corrected chi connectivity index (χ2v) is 5.34. The lowest BCUT2D eigenvalue weighted by Crippen LogP contribution is -2.38. The first-order valence-electron chi connectivity index (χ1n) is 5.83. The molecule has 0 aromatic carbocycles. The summed E-state index contributed by atoms with van der Waals surface area (Å²) in [5, 5.41) is 7.10. The standard InChI is InChI=1S/C12H22N4O.ClH/c1-8(6-13)15-11(17)10-7-14-16(9(10)2)12(3,4)5;/h7-8H,6,13H2,1-5H3,(H,15,17);1H/t8-;/m0./s1. The Morgan fingerprint density at radius 1 is 1.56 bits per heavy atom. The average molecular weight is 275 g/mol. The molecular weight excluding hydrogens is 252 g/mol. The van der Waals surface area contributed by atoms with Gasteiger partial charge in [0.15, 0.2) is 0 Å². The molecule has 0 fully saturated rings. The van der Waals surface area contributed by atoms with Gasteiger partial charge in [0.1, 0.15) is 0 Å². The number of carbonyl (C=O) groups excluding carboxylic acids is 1. The van der Waals surface area contributed by atoms with Crippen LogP contribution in [0.25, 0.3) is 0 Å². The molecule has 1 amide bonds. The second-order valence-electron chi connectivity index (χ2n) is 5.34. The predicted octanol–water partition coefficient (Wildman–Crippen LogP) is 1.45. The molecule has 1 aromatic heterocycles. The number of rotatable bonds is 3. The van der Waals surface area contributed by atoms with Gasteiger partial charge in [-0.2, -0.15) is 5.10 Å². The van der Waals surface area contributed by atoms with Crippen LogP contribution in [0.2, 0.25) is 0 Å². The topological polar surface area (TPSA) is 72.9 Å². The normalized spacial score (nSPS) is 12.8. The van der Waals surface area contributed by atoms with Crippen molar-refractivity contribution >= 4 is 18.3 Å². The van der Waals surface area contributed by atoms with E-state index in [4.69, 9.17) is 5.73 Å². The second kappa shape index (κ2) is 6.20. The van der Waals surface area contributed by atoms with E-state index in [-0.39, 0.29) is 29.9 Å². The molecule has 18 heavy (non-hydrogen) atoms. The highest BCUT2D eigenvalue weighted by Crippen LogP contribution is 2.18. The molecule has 0 unspecified atom stereocenters. The van der Waals surface area contributed by atoms with Crippen molar-refractivity contribution in [1.82, 2.24) is 15.1 Å². The molecule has 5 nitrogen and oxygen atoms in total. The highest BCUT2D eigenvalue weighted by atomic mass is 35.5. The van der Waals surface area contributed by atoms with E-state index in [1.54, 1.807) is 6.20 Å². The van der Waals surface area contributed by atoms with Crippen molar-refractivity contribution in [3.63, 3.8) is 0 Å². The number of halogens is 1. The minimum absolute atomic E-state index is 0. The molecule has 0 spiro atoms. The van der Waals surface area contributed by atoms with E-state index in [1.807, 2.05) is 18.5 Å². The van der Waals surface area contributed by atoms with Crippen LogP contribution in [-0.4, -0.2) is 28.3 Å². The minimum Gasteiger partial charge on any atom is -0.348 e. The summed E-state index contributed by atoms with van der Waals surface area (Å²) in [6, 6.07) is -0.0279. The highest BCUT2D eigenvalue weighted by Gasteiger charge is 2.21. The third-order valence-corrected chi connectivity index (χ3v) is 2.62. The van der Waals surface area contributed by atoms with Crippen molar-refractivity contribution < 1.29 is 4.79 Å². The molecule has 0 aliphatic heterocycles. The number of nitrogens with two attached hydrogens (primary N) is 1. The Kier molecular flexibility index (Phi) is 5.83. The van der Waals surface area contributed by atoms with E-state index in [2.05, 4.69) is 31.2 Å². The smallest absolute Gasteiger partial charge is 0.254 e. The van der Waals surface area contributed by atoms with Crippen molar-refractivity contribution in [2.24, 2.45) is 5.73 Å². The Morgan fingerprint density at radius 2 is 2.11 bits per heavy atom. The fraction of sp³-hybridized carbons (Fsp3) is 0.667. The van der Waals surface area contributed by atoms with Crippen LogP contribution in [0, 0.1) is 6.92 Å². The van der Waals surface area contributed by atoms with Gasteiger partial charge >= 0.3 is 0 Å². The van der Waals surface area contributed by atoms with Crippen LogP contribution in [0.5, 0.6) is 0 Å². The van der Waals surface area contributed by atoms with E-state index >= 15 is 0 Å². The summed E-state index contributed by atoms with van der Waals surface area (Å²) in [6.45, 7) is 10.4. The Hall–Kier alpha value is -1.07. The number of aromatic nitrogens is 2. The quantitative estimate of drug-likeness (QED) is 0.876. The summed E-state index contributed by atoms with van der Waals surface area (Å²) in [5.41, 5.74) is 6.84. The number of hydrogen-bond acceptors (Lipinski definition) is 3. The van der Waals surface area contributed by atoms with Gasteiger partial charge in [-0.05, 0) is 34.6 Å². The lowest BCUT2D eigenvalue weighted by molar-refractivity contribution is 0.0940. The Balaban J connectivity index is 0.00000289. The van der Waals surface area contributed by atoms with Crippen molar-refractivity contribution in [3.05, 3.63) is 17.5 Å². The van der Waals surface area contributed by atoms with Gasteiger partial charge < -0.3 is 11.1 Å². The van der Waals surface area contributed by atoms with Crippen LogP contribution < -0.4 is 11.1 Å². The van der Waals surface area contributed by atoms with Gasteiger partial charge in [-0.25, -0.2) is 0 Å². The van der Waals surface area contributed by atoms with Crippen LogP contribution in [0.3, 0.4) is 0 Å². The molecule has 0 aliphatic carbocycles. The number of hydrogen-bond donors (Lipinski definition) is 2. The third-order valence-electron chi connectivity index (χ3n) is 2.62. The van der Waals surface area contributed by atoms with Crippen LogP contribution in [0.15, 0.2) is 6.20 Å². The molecule has 6 heteroatoms. The van der Waals surface area contributed by atoms with Gasteiger partial charge in [0, 0.05) is 18.3 Å². The third kappa shape index (κ3) is 3.71. The number of nitrogens with one attached hydrogen (secondary N) is 1.